The summed E-state index contributed by atoms with van der Waals surface area (Å²) in [6.45, 7) is 2.08. The first kappa shape index (κ1) is 16.2. The lowest BCUT2D eigenvalue weighted by Gasteiger charge is -2.04. The van der Waals surface area contributed by atoms with Crippen LogP contribution in [-0.4, -0.2) is 11.6 Å². The van der Waals surface area contributed by atoms with Gasteiger partial charge in [-0.3, -0.25) is 4.79 Å². The predicted octanol–water partition coefficient (Wildman–Crippen LogP) is 5.55. The van der Waals surface area contributed by atoms with Gasteiger partial charge in [-0.25, -0.2) is 5.43 Å². The number of nitrogens with zero attached hydrogens (tertiary/aromatic N) is 1. The Morgan fingerprint density at radius 2 is 2.09 bits per heavy atom. The Morgan fingerprint density at radius 3 is 2.83 bits per heavy atom. The molecule has 1 N–H and O–H groups in total. The molecule has 2 heterocycles. The van der Waals surface area contributed by atoms with E-state index in [1.807, 2.05) is 41.8 Å². The van der Waals surface area contributed by atoms with Crippen LogP contribution < -0.4 is 5.43 Å². The van der Waals surface area contributed by atoms with Crippen LogP contribution in [0.15, 0.2) is 46.9 Å². The Hall–Kier alpha value is -1.69. The molecular formula is C17H15ClN2OS2. The lowest BCUT2D eigenvalue weighted by atomic mass is 10.2. The van der Waals surface area contributed by atoms with Gasteiger partial charge in [0.2, 0.25) is 0 Å². The first-order valence-electron chi connectivity index (χ1n) is 7.28. The third-order valence-electron chi connectivity index (χ3n) is 3.36. The second-order valence-corrected chi connectivity index (χ2v) is 7.63. The second-order valence-electron chi connectivity index (χ2n) is 5.00. The molecule has 0 saturated carbocycles. The van der Waals surface area contributed by atoms with Crippen LogP contribution in [0.3, 0.4) is 0 Å². The minimum absolute atomic E-state index is 0.182. The van der Waals surface area contributed by atoms with Crippen molar-refractivity contribution in [2.24, 2.45) is 5.10 Å². The van der Waals surface area contributed by atoms with Gasteiger partial charge in [0.1, 0.15) is 0 Å². The van der Waals surface area contributed by atoms with E-state index in [0.717, 1.165) is 37.9 Å². The van der Waals surface area contributed by atoms with Crippen molar-refractivity contribution in [3.8, 4) is 0 Å². The number of rotatable bonds is 5. The number of thiophene rings is 2. The van der Waals surface area contributed by atoms with Gasteiger partial charge in [-0.2, -0.15) is 5.10 Å². The number of hydrogen-bond acceptors (Lipinski definition) is 4. The molecule has 0 bridgehead atoms. The zero-order chi connectivity index (χ0) is 16.2. The summed E-state index contributed by atoms with van der Waals surface area (Å²) in [5.41, 5.74) is 4.21. The summed E-state index contributed by atoms with van der Waals surface area (Å²) < 4.78 is 1.82. The fourth-order valence-electron chi connectivity index (χ4n) is 2.27. The van der Waals surface area contributed by atoms with E-state index < -0.39 is 0 Å². The fourth-order valence-corrected chi connectivity index (χ4v) is 4.27. The molecule has 3 aromatic rings. The molecule has 0 radical (unpaired) electrons. The van der Waals surface area contributed by atoms with Crippen molar-refractivity contribution in [2.75, 3.05) is 0 Å². The summed E-state index contributed by atoms with van der Waals surface area (Å²) in [7, 11) is 0. The minimum Gasteiger partial charge on any atom is -0.267 e. The highest BCUT2D eigenvalue weighted by Crippen LogP contribution is 2.26. The monoisotopic (exact) mass is 362 g/mol. The third kappa shape index (κ3) is 3.63. The standard InChI is InChI=1S/C17H15ClN2OS2/c1-2-5-13(15-8-9-16(18)23-15)19-20-17(21)12-10-22-14-7-4-3-6-11(12)14/h3-4,6-10H,2,5H2,1H3,(H,20,21)/b19-13-. The molecule has 3 nitrogen and oxygen atoms in total. The SMILES string of the molecule is CCC/C(=N/NC(=O)c1csc2ccccc12)c1ccc(Cl)s1. The minimum atomic E-state index is -0.182. The summed E-state index contributed by atoms with van der Waals surface area (Å²) in [6.07, 6.45) is 1.74. The fraction of sp³-hybridized carbons (Fsp3) is 0.176. The molecule has 0 aliphatic rings. The molecule has 0 aliphatic heterocycles. The molecule has 3 rings (SSSR count). The van der Waals surface area contributed by atoms with Crippen LogP contribution in [0.4, 0.5) is 0 Å². The van der Waals surface area contributed by atoms with Crippen LogP contribution in [0.5, 0.6) is 0 Å². The normalized spacial score (nSPS) is 11.8. The maximum Gasteiger partial charge on any atom is 0.272 e. The zero-order valence-electron chi connectivity index (χ0n) is 12.5. The van der Waals surface area contributed by atoms with Gasteiger partial charge in [-0.15, -0.1) is 22.7 Å². The quantitative estimate of drug-likeness (QED) is 0.469. The van der Waals surface area contributed by atoms with Crippen LogP contribution in [0, 0.1) is 0 Å². The van der Waals surface area contributed by atoms with Crippen molar-refractivity contribution in [2.45, 2.75) is 19.8 Å². The lowest BCUT2D eigenvalue weighted by Crippen LogP contribution is -2.19. The Bertz CT molecular complexity index is 866. The van der Waals surface area contributed by atoms with Crippen LogP contribution in [0.2, 0.25) is 4.34 Å². The van der Waals surface area contributed by atoms with Gasteiger partial charge in [0.25, 0.3) is 5.91 Å². The van der Waals surface area contributed by atoms with E-state index in [9.17, 15) is 4.79 Å². The second kappa shape index (κ2) is 7.25. The number of amides is 1. The highest BCUT2D eigenvalue weighted by Gasteiger charge is 2.12. The number of halogens is 1. The van der Waals surface area contributed by atoms with E-state index in [1.165, 1.54) is 11.3 Å². The third-order valence-corrected chi connectivity index (χ3v) is 5.61. The van der Waals surface area contributed by atoms with Crippen LogP contribution in [0.25, 0.3) is 10.1 Å². The van der Waals surface area contributed by atoms with E-state index in [-0.39, 0.29) is 5.91 Å². The molecule has 0 saturated heterocycles. The molecule has 6 heteroatoms. The van der Waals surface area contributed by atoms with E-state index in [2.05, 4.69) is 17.5 Å². The summed E-state index contributed by atoms with van der Waals surface area (Å²) >= 11 is 9.03. The molecular weight excluding hydrogens is 348 g/mol. The predicted molar refractivity (Wildman–Crippen MR) is 100 cm³/mol. The van der Waals surface area contributed by atoms with E-state index in [1.54, 1.807) is 11.3 Å². The van der Waals surface area contributed by atoms with Crippen molar-refractivity contribution in [3.63, 3.8) is 0 Å². The lowest BCUT2D eigenvalue weighted by molar-refractivity contribution is 0.0957. The van der Waals surface area contributed by atoms with Gasteiger partial charge in [0.15, 0.2) is 0 Å². The average molecular weight is 363 g/mol. The van der Waals surface area contributed by atoms with E-state index in [0.29, 0.717) is 5.56 Å². The van der Waals surface area contributed by atoms with Crippen LogP contribution >= 0.6 is 34.3 Å². The molecule has 1 aromatic carbocycles. The van der Waals surface area contributed by atoms with E-state index >= 15 is 0 Å². The number of carbonyl (C=O) groups is 1. The maximum absolute atomic E-state index is 12.4. The summed E-state index contributed by atoms with van der Waals surface area (Å²) in [6, 6.07) is 11.7. The summed E-state index contributed by atoms with van der Waals surface area (Å²) in [5.74, 6) is -0.182. The van der Waals surface area contributed by atoms with Gasteiger partial charge in [0.05, 0.1) is 20.5 Å². The Balaban J connectivity index is 1.83. The van der Waals surface area contributed by atoms with Crippen molar-refractivity contribution in [3.05, 3.63) is 56.6 Å². The van der Waals surface area contributed by atoms with Gasteiger partial charge in [-0.1, -0.05) is 43.1 Å². The Labute approximate surface area is 147 Å². The highest BCUT2D eigenvalue weighted by atomic mass is 35.5. The van der Waals surface area contributed by atoms with Gasteiger partial charge < -0.3 is 0 Å². The highest BCUT2D eigenvalue weighted by molar-refractivity contribution is 7.18. The number of hydrogen-bond donors (Lipinski definition) is 1. The Kier molecular flexibility index (Phi) is 5.10. The molecule has 1 amide bonds. The Morgan fingerprint density at radius 1 is 1.26 bits per heavy atom. The first-order chi connectivity index (χ1) is 11.2. The average Bonchev–Trinajstić information content (AvgIpc) is 3.17. The molecule has 0 unspecified atom stereocenters. The van der Waals surface area contributed by atoms with Crippen molar-refractivity contribution < 1.29 is 4.79 Å². The molecule has 23 heavy (non-hydrogen) atoms. The van der Waals surface area contributed by atoms with Crippen LogP contribution in [-0.2, 0) is 0 Å². The largest absolute Gasteiger partial charge is 0.272 e. The van der Waals surface area contributed by atoms with E-state index in [4.69, 9.17) is 11.6 Å². The first-order valence-corrected chi connectivity index (χ1v) is 9.35. The topological polar surface area (TPSA) is 41.5 Å². The summed E-state index contributed by atoms with van der Waals surface area (Å²) in [5, 5.41) is 7.16. The molecule has 0 fully saturated rings. The molecule has 0 atom stereocenters. The zero-order valence-corrected chi connectivity index (χ0v) is 14.9. The van der Waals surface area contributed by atoms with Crippen LogP contribution in [0.1, 0.15) is 35.0 Å². The number of nitrogens with one attached hydrogen (secondary N) is 1. The molecule has 118 valence electrons. The van der Waals surface area contributed by atoms with Gasteiger partial charge in [0, 0.05) is 15.5 Å². The van der Waals surface area contributed by atoms with Gasteiger partial charge in [-0.05, 0) is 24.6 Å². The van der Waals surface area contributed by atoms with Crippen molar-refractivity contribution in [1.29, 1.82) is 0 Å². The van der Waals surface area contributed by atoms with Crippen molar-refractivity contribution >= 4 is 56.0 Å². The molecule has 0 spiro atoms. The smallest absolute Gasteiger partial charge is 0.267 e. The number of hydrazone groups is 1. The summed E-state index contributed by atoms with van der Waals surface area (Å²) in [4.78, 5) is 13.4. The molecule has 0 aliphatic carbocycles. The molecule has 2 aromatic heterocycles. The number of benzene rings is 1. The van der Waals surface area contributed by atoms with Crippen molar-refractivity contribution in [1.82, 2.24) is 5.43 Å². The number of fused-ring (bicyclic) bond motifs is 1. The number of carbonyl (C=O) groups excluding carboxylic acids is 1. The van der Waals surface area contributed by atoms with Gasteiger partial charge >= 0.3 is 0 Å². The maximum atomic E-state index is 12.4.